The van der Waals surface area contributed by atoms with Crippen molar-refractivity contribution in [2.45, 2.75) is 46.3 Å². The number of aliphatic hydroxyl groups excluding tert-OH is 1. The van der Waals surface area contributed by atoms with Crippen LogP contribution in [0.1, 0.15) is 34.6 Å². The van der Waals surface area contributed by atoms with Crippen molar-refractivity contribution in [2.24, 2.45) is 0 Å². The summed E-state index contributed by atoms with van der Waals surface area (Å²) in [5.41, 5.74) is -0.762. The summed E-state index contributed by atoms with van der Waals surface area (Å²) >= 11 is 0. The first-order valence-corrected chi connectivity index (χ1v) is 3.80. The number of rotatable bonds is 3. The number of aliphatic hydroxyl groups is 1. The zero-order chi connectivity index (χ0) is 9.49. The zero-order valence-corrected chi connectivity index (χ0v) is 7.92. The third-order valence-corrected chi connectivity index (χ3v) is 1.36. The Bertz CT molecular complexity index is 97.5. The molecule has 0 aromatic heterocycles. The maximum atomic E-state index is 9.79. The molecule has 11 heavy (non-hydrogen) atoms. The molecule has 0 aromatic carbocycles. The Balaban J connectivity index is 0. The van der Waals surface area contributed by atoms with Crippen molar-refractivity contribution in [2.75, 3.05) is 0 Å². The van der Waals surface area contributed by atoms with Gasteiger partial charge in [0, 0.05) is 0 Å². The van der Waals surface area contributed by atoms with Gasteiger partial charge < -0.3 is 9.84 Å². The van der Waals surface area contributed by atoms with Crippen LogP contribution in [0.15, 0.2) is 0 Å². The molecular formula is C8H18O3. The van der Waals surface area contributed by atoms with Gasteiger partial charge >= 0.3 is 0 Å². The fourth-order valence-corrected chi connectivity index (χ4v) is 0.222. The van der Waals surface area contributed by atoms with E-state index in [-0.39, 0.29) is 0 Å². The minimum atomic E-state index is -0.762. The molecule has 0 radical (unpaired) electrons. The van der Waals surface area contributed by atoms with E-state index in [2.05, 4.69) is 4.74 Å². The normalized spacial score (nSPS) is 12.5. The molecule has 0 aliphatic carbocycles. The van der Waals surface area contributed by atoms with Crippen LogP contribution in [-0.4, -0.2) is 23.3 Å². The van der Waals surface area contributed by atoms with Crippen molar-refractivity contribution in [3.8, 4) is 0 Å². The lowest BCUT2D eigenvalue weighted by Crippen LogP contribution is -2.36. The van der Waals surface area contributed by atoms with Gasteiger partial charge in [0.15, 0.2) is 0 Å². The smallest absolute Gasteiger partial charge is 0.293 e. The first kappa shape index (κ1) is 13.1. The van der Waals surface area contributed by atoms with Gasteiger partial charge in [-0.25, -0.2) is 0 Å². The van der Waals surface area contributed by atoms with Crippen LogP contribution in [-0.2, 0) is 9.53 Å². The van der Waals surface area contributed by atoms with E-state index in [4.69, 9.17) is 5.11 Å². The van der Waals surface area contributed by atoms with Gasteiger partial charge in [-0.3, -0.25) is 4.79 Å². The molecule has 0 aliphatic rings. The molecule has 3 nitrogen and oxygen atoms in total. The number of hydrogen-bond acceptors (Lipinski definition) is 3. The lowest BCUT2D eigenvalue weighted by atomic mass is 10.0. The van der Waals surface area contributed by atoms with E-state index >= 15 is 0 Å². The van der Waals surface area contributed by atoms with Gasteiger partial charge in [0.25, 0.3) is 6.47 Å². The first-order valence-electron chi connectivity index (χ1n) is 3.80. The van der Waals surface area contributed by atoms with Gasteiger partial charge in [-0.2, -0.15) is 0 Å². The molecule has 0 spiro atoms. The Morgan fingerprint density at radius 1 is 1.45 bits per heavy atom. The van der Waals surface area contributed by atoms with Gasteiger partial charge in [0.2, 0.25) is 0 Å². The van der Waals surface area contributed by atoms with Crippen LogP contribution in [0.4, 0.5) is 0 Å². The van der Waals surface area contributed by atoms with Gasteiger partial charge in [-0.1, -0.05) is 13.8 Å². The molecule has 0 unspecified atom stereocenters. The molecule has 1 N–H and O–H groups in total. The lowest BCUT2D eigenvalue weighted by Gasteiger charge is -2.25. The van der Waals surface area contributed by atoms with Crippen molar-refractivity contribution in [1.29, 1.82) is 0 Å². The molecule has 0 bridgehead atoms. The second kappa shape index (κ2) is 6.16. The van der Waals surface area contributed by atoms with Crippen molar-refractivity contribution >= 4 is 6.47 Å². The molecule has 0 saturated carbocycles. The van der Waals surface area contributed by atoms with Gasteiger partial charge in [-0.15, -0.1) is 0 Å². The van der Waals surface area contributed by atoms with Crippen LogP contribution >= 0.6 is 0 Å². The van der Waals surface area contributed by atoms with Gasteiger partial charge in [-0.05, 0) is 20.8 Å². The molecule has 0 amide bonds. The van der Waals surface area contributed by atoms with E-state index in [9.17, 15) is 4.79 Å². The van der Waals surface area contributed by atoms with E-state index in [1.807, 2.05) is 13.8 Å². The summed E-state index contributed by atoms with van der Waals surface area (Å²) in [6, 6.07) is 0. The highest BCUT2D eigenvalue weighted by Crippen LogP contribution is 2.12. The van der Waals surface area contributed by atoms with Crippen LogP contribution in [0, 0.1) is 0 Å². The number of hydrogen-bond donors (Lipinski definition) is 1. The molecule has 0 rings (SSSR count). The average molecular weight is 162 g/mol. The SMILES string of the molecule is CC.C[C@@H](O)C(C)(C)OC=O. The molecule has 0 heterocycles. The van der Waals surface area contributed by atoms with E-state index in [0.29, 0.717) is 6.47 Å². The van der Waals surface area contributed by atoms with Crippen LogP contribution in [0.2, 0.25) is 0 Å². The molecule has 0 aliphatic heterocycles. The maximum Gasteiger partial charge on any atom is 0.293 e. The number of carbonyl (C=O) groups is 1. The molecular weight excluding hydrogens is 144 g/mol. The van der Waals surface area contributed by atoms with Gasteiger partial charge in [0.05, 0.1) is 6.10 Å². The Kier molecular flexibility index (Phi) is 7.31. The lowest BCUT2D eigenvalue weighted by molar-refractivity contribution is -0.150. The highest BCUT2D eigenvalue weighted by molar-refractivity contribution is 5.38. The summed E-state index contributed by atoms with van der Waals surface area (Å²) in [6.45, 7) is 9.20. The monoisotopic (exact) mass is 162 g/mol. The number of carbonyl (C=O) groups excluding carboxylic acids is 1. The van der Waals surface area contributed by atoms with E-state index in [0.717, 1.165) is 0 Å². The summed E-state index contributed by atoms with van der Waals surface area (Å²) in [6.07, 6.45) is -0.636. The largest absolute Gasteiger partial charge is 0.459 e. The maximum absolute atomic E-state index is 9.79. The fraction of sp³-hybridized carbons (Fsp3) is 0.875. The zero-order valence-electron chi connectivity index (χ0n) is 7.92. The standard InChI is InChI=1S/C6H12O3.C2H6/c1-5(8)6(2,3)9-4-7;1-2/h4-5,8H,1-3H3;1-2H3/t5-;/m1./s1. The summed E-state index contributed by atoms with van der Waals surface area (Å²) in [5.74, 6) is 0. The van der Waals surface area contributed by atoms with E-state index in [1.54, 1.807) is 20.8 Å². The molecule has 3 heteroatoms. The van der Waals surface area contributed by atoms with Crippen LogP contribution in [0.5, 0.6) is 0 Å². The topological polar surface area (TPSA) is 46.5 Å². The Labute approximate surface area is 68.4 Å². The molecule has 0 fully saturated rings. The summed E-state index contributed by atoms with van der Waals surface area (Å²) in [4.78, 5) is 9.79. The van der Waals surface area contributed by atoms with Crippen molar-refractivity contribution in [3.63, 3.8) is 0 Å². The first-order chi connectivity index (χ1) is 5.00. The van der Waals surface area contributed by atoms with E-state index < -0.39 is 11.7 Å². The highest BCUT2D eigenvalue weighted by atomic mass is 16.5. The van der Waals surface area contributed by atoms with Crippen LogP contribution < -0.4 is 0 Å². The Hall–Kier alpha value is -0.570. The summed E-state index contributed by atoms with van der Waals surface area (Å²) in [5, 5.41) is 8.93. The quantitative estimate of drug-likeness (QED) is 0.637. The third-order valence-electron chi connectivity index (χ3n) is 1.36. The van der Waals surface area contributed by atoms with Gasteiger partial charge in [0.1, 0.15) is 5.60 Å². The molecule has 68 valence electrons. The average Bonchev–Trinajstić information content (AvgIpc) is 1.92. The minimum absolute atomic E-state index is 0.340. The fourth-order valence-electron chi connectivity index (χ4n) is 0.222. The van der Waals surface area contributed by atoms with Crippen molar-refractivity contribution in [3.05, 3.63) is 0 Å². The summed E-state index contributed by atoms with van der Waals surface area (Å²) in [7, 11) is 0. The number of ether oxygens (including phenoxy) is 1. The van der Waals surface area contributed by atoms with Crippen LogP contribution in [0.3, 0.4) is 0 Å². The van der Waals surface area contributed by atoms with Crippen LogP contribution in [0.25, 0.3) is 0 Å². The second-order valence-corrected chi connectivity index (χ2v) is 2.49. The summed E-state index contributed by atoms with van der Waals surface area (Å²) < 4.78 is 4.56. The van der Waals surface area contributed by atoms with E-state index in [1.165, 1.54) is 0 Å². The molecule has 0 aromatic rings. The molecule has 1 atom stereocenters. The Morgan fingerprint density at radius 3 is 1.91 bits per heavy atom. The highest BCUT2D eigenvalue weighted by Gasteiger charge is 2.24. The minimum Gasteiger partial charge on any atom is -0.459 e. The third kappa shape index (κ3) is 5.85. The van der Waals surface area contributed by atoms with Crippen molar-refractivity contribution < 1.29 is 14.6 Å². The second-order valence-electron chi connectivity index (χ2n) is 2.49. The van der Waals surface area contributed by atoms with Crippen molar-refractivity contribution in [1.82, 2.24) is 0 Å². The predicted molar refractivity (Wildman–Crippen MR) is 44.3 cm³/mol. The Morgan fingerprint density at radius 2 is 1.82 bits per heavy atom. The predicted octanol–water partition coefficient (Wildman–Crippen LogP) is 1.34. The molecule has 0 saturated heterocycles.